The number of piperidine rings is 2. The Balaban J connectivity index is 0.637. The van der Waals surface area contributed by atoms with Crippen LogP contribution in [0.3, 0.4) is 0 Å². The second-order valence-corrected chi connectivity index (χ2v) is 25.3. The SMILES string of the molecule is C#Cc1c(F)ccc2cccc(-c3ncc4c(N5CC6CCC(C5)N6C(=O)OC(C)(C)C)nc(OC[C@@]56CCCN5C(COC(=O)N5CCC(OCCCCCCCc7cccc8c7n(C)c(=O)n8C7CCC(=O)NC7=O)CC5)CC6)nc4c3F)c12. The van der Waals surface area contributed by atoms with E-state index in [-0.39, 0.29) is 96.0 Å². The highest BCUT2D eigenvalue weighted by atomic mass is 19.1. The van der Waals surface area contributed by atoms with Gasteiger partial charge in [0, 0.05) is 69.4 Å². The molecular weight excluding hydrogens is 1100 g/mol. The van der Waals surface area contributed by atoms with Crippen LogP contribution in [0, 0.1) is 24.0 Å². The number of carbonyl (C=O) groups is 4. The number of unbranched alkanes of at least 4 members (excludes halogenated alkanes) is 4. The number of amides is 4. The highest BCUT2D eigenvalue weighted by molar-refractivity contribution is 6.02. The van der Waals surface area contributed by atoms with Gasteiger partial charge in [0.05, 0.1) is 45.7 Å². The third-order valence-corrected chi connectivity index (χ3v) is 18.7. The monoisotopic (exact) mass is 1180 g/mol. The van der Waals surface area contributed by atoms with Crippen LogP contribution < -0.4 is 20.6 Å². The fraction of sp³-hybridized carbons (Fsp3) is 0.538. The first-order valence-electron chi connectivity index (χ1n) is 30.7. The number of para-hydroxylation sites is 1. The number of pyridine rings is 1. The Morgan fingerprint density at radius 2 is 1.64 bits per heavy atom. The van der Waals surface area contributed by atoms with E-state index in [4.69, 9.17) is 35.3 Å². The number of terminal acetylenes is 1. The first-order chi connectivity index (χ1) is 41.5. The third-order valence-electron chi connectivity index (χ3n) is 18.7. The van der Waals surface area contributed by atoms with Gasteiger partial charge in [-0.05, 0) is 127 Å². The summed E-state index contributed by atoms with van der Waals surface area (Å²) >= 11 is 0. The van der Waals surface area contributed by atoms with Gasteiger partial charge in [-0.1, -0.05) is 61.6 Å². The molecule has 3 aromatic heterocycles. The highest BCUT2D eigenvalue weighted by Gasteiger charge is 2.51. The van der Waals surface area contributed by atoms with Crippen molar-refractivity contribution < 1.29 is 46.9 Å². The normalized spacial score (nSPS) is 22.7. The van der Waals surface area contributed by atoms with Gasteiger partial charge in [-0.15, -0.1) is 6.42 Å². The van der Waals surface area contributed by atoms with Crippen LogP contribution in [0.4, 0.5) is 24.2 Å². The van der Waals surface area contributed by atoms with Gasteiger partial charge >= 0.3 is 23.9 Å². The number of ether oxygens (including phenoxy) is 4. The molecule has 19 nitrogen and oxygen atoms in total. The zero-order valence-electron chi connectivity index (χ0n) is 49.6. The molecule has 0 aliphatic carbocycles. The number of imidazole rings is 1. The lowest BCUT2D eigenvalue weighted by molar-refractivity contribution is -0.135. The number of halogens is 2. The van der Waals surface area contributed by atoms with E-state index < -0.39 is 29.2 Å². The van der Waals surface area contributed by atoms with Gasteiger partial charge in [0.1, 0.15) is 47.7 Å². The van der Waals surface area contributed by atoms with Gasteiger partial charge in [-0.25, -0.2) is 23.2 Å². The van der Waals surface area contributed by atoms with Crippen molar-refractivity contribution in [1.82, 2.24) is 44.1 Å². The molecule has 6 saturated heterocycles. The number of hydrogen-bond acceptors (Lipinski definition) is 14. The lowest BCUT2D eigenvalue weighted by Gasteiger charge is -2.42. The third kappa shape index (κ3) is 11.5. The molecule has 4 amide bonds. The van der Waals surface area contributed by atoms with E-state index in [0.717, 1.165) is 108 Å². The summed E-state index contributed by atoms with van der Waals surface area (Å²) in [6.45, 7) is 9.48. The molecular formula is C65H76F2N10O9. The number of piperazine rings is 1. The smallest absolute Gasteiger partial charge is 0.410 e. The van der Waals surface area contributed by atoms with Gasteiger partial charge < -0.3 is 28.7 Å². The molecule has 4 unspecified atom stereocenters. The molecule has 5 atom stereocenters. The lowest BCUT2D eigenvalue weighted by Crippen LogP contribution is -2.57. The largest absolute Gasteiger partial charge is 0.461 e. The fourth-order valence-electron chi connectivity index (χ4n) is 14.5. The number of benzene rings is 3. The summed E-state index contributed by atoms with van der Waals surface area (Å²) in [5.74, 6) is 0.830. The molecule has 6 aliphatic heterocycles. The number of nitrogens with one attached hydrogen (secondary N) is 1. The van der Waals surface area contributed by atoms with Crippen molar-refractivity contribution in [3.8, 4) is 29.6 Å². The van der Waals surface area contributed by atoms with Crippen molar-refractivity contribution in [3.05, 3.63) is 88.0 Å². The molecule has 6 aliphatic rings. The molecule has 1 N–H and O–H groups in total. The molecule has 0 saturated carbocycles. The summed E-state index contributed by atoms with van der Waals surface area (Å²) in [5, 5.41) is 3.75. The van der Waals surface area contributed by atoms with Gasteiger partial charge in [0.2, 0.25) is 11.8 Å². The predicted octanol–water partition coefficient (Wildman–Crippen LogP) is 9.51. The molecule has 0 spiro atoms. The molecule has 86 heavy (non-hydrogen) atoms. The van der Waals surface area contributed by atoms with E-state index in [1.807, 2.05) is 43.9 Å². The summed E-state index contributed by atoms with van der Waals surface area (Å²) in [4.78, 5) is 87.3. The van der Waals surface area contributed by atoms with Crippen LogP contribution in [0.1, 0.15) is 134 Å². The molecule has 12 rings (SSSR count). The van der Waals surface area contributed by atoms with Crippen molar-refractivity contribution in [3.63, 3.8) is 0 Å². The molecule has 3 aromatic carbocycles. The minimum absolute atomic E-state index is 0.00103. The summed E-state index contributed by atoms with van der Waals surface area (Å²) in [7, 11) is 1.74. The van der Waals surface area contributed by atoms with E-state index in [1.165, 1.54) is 10.6 Å². The van der Waals surface area contributed by atoms with E-state index in [1.54, 1.807) is 47.0 Å². The van der Waals surface area contributed by atoms with E-state index in [0.29, 0.717) is 72.3 Å². The predicted molar refractivity (Wildman–Crippen MR) is 320 cm³/mol. The van der Waals surface area contributed by atoms with Crippen molar-refractivity contribution in [1.29, 1.82) is 0 Å². The number of aryl methyl sites for hydroxylation is 2. The topological polar surface area (TPSA) is 196 Å². The molecule has 9 heterocycles. The Hall–Kier alpha value is -7.70. The van der Waals surface area contributed by atoms with Crippen molar-refractivity contribution >= 4 is 62.5 Å². The van der Waals surface area contributed by atoms with Crippen molar-refractivity contribution in [2.45, 2.75) is 165 Å². The van der Waals surface area contributed by atoms with Crippen LogP contribution in [0.2, 0.25) is 0 Å². The number of carbonyl (C=O) groups excluding carboxylic acids is 4. The van der Waals surface area contributed by atoms with Crippen LogP contribution >= 0.6 is 0 Å². The second kappa shape index (κ2) is 24.2. The van der Waals surface area contributed by atoms with Crippen LogP contribution in [0.25, 0.3) is 44.0 Å². The molecule has 21 heteroatoms. The minimum Gasteiger partial charge on any atom is -0.461 e. The Labute approximate surface area is 498 Å². The number of nitrogens with zero attached hydrogens (tertiary/aromatic N) is 9. The summed E-state index contributed by atoms with van der Waals surface area (Å²) in [6, 6.07) is 12.9. The number of rotatable bonds is 17. The maximum atomic E-state index is 17.5. The first-order valence-corrected chi connectivity index (χ1v) is 30.7. The Bertz CT molecular complexity index is 3700. The maximum absolute atomic E-state index is 17.5. The Kier molecular flexibility index (Phi) is 16.5. The molecule has 0 radical (unpaired) electrons. The quantitative estimate of drug-likeness (QED) is 0.0515. The van der Waals surface area contributed by atoms with E-state index in [9.17, 15) is 24.0 Å². The fourth-order valence-corrected chi connectivity index (χ4v) is 14.5. The maximum Gasteiger partial charge on any atom is 0.410 e. The second-order valence-electron chi connectivity index (χ2n) is 25.3. The van der Waals surface area contributed by atoms with Crippen LogP contribution in [-0.4, -0.2) is 151 Å². The first kappa shape index (κ1) is 58.7. The van der Waals surface area contributed by atoms with Crippen molar-refractivity contribution in [2.75, 3.05) is 57.4 Å². The number of likely N-dealkylation sites (tertiary alicyclic amines) is 1. The number of imide groups is 1. The summed E-state index contributed by atoms with van der Waals surface area (Å²) < 4.78 is 60.6. The van der Waals surface area contributed by atoms with Gasteiger partial charge in [0.25, 0.3) is 0 Å². The standard InChI is InChI=1S/C65H76F2N10O9/c1-6-46-49(66)23-20-40-16-12-18-47(53(40)46)55-54(67)56-48(35-68-55)58(74-36-42-21-22-43(37-74)76(42)63(82)86-64(2,3)4)71-60(70-56)85-39-65-29-14-31-75(65)44(26-30-65)38-84-62(81)73-32-27-45(28-33-73)83-34-11-9-7-8-10-15-41-17-13-19-50-57(41)72(5)61(80)77(50)51-24-25-52(78)69-59(51)79/h1,12-13,16-20,23,35,42-45,51H,7-11,14-15,21-22,24-34,36-39H2,2-5H3,(H,69,78,79)/t42?,43?,44?,51?,65-/m0/s1. The number of anilines is 1. The van der Waals surface area contributed by atoms with E-state index >= 15 is 8.78 Å². The molecule has 6 fully saturated rings. The van der Waals surface area contributed by atoms with Crippen LogP contribution in [-0.2, 0) is 37.3 Å². The summed E-state index contributed by atoms with van der Waals surface area (Å²) in [6.07, 6.45) is 19.6. The molecule has 454 valence electrons. The van der Waals surface area contributed by atoms with Gasteiger partial charge in [-0.2, -0.15) is 9.97 Å². The number of hydrogen-bond donors (Lipinski definition) is 1. The van der Waals surface area contributed by atoms with Crippen LogP contribution in [0.5, 0.6) is 6.01 Å². The van der Waals surface area contributed by atoms with Gasteiger partial charge in [-0.3, -0.25) is 38.8 Å². The highest BCUT2D eigenvalue weighted by Crippen LogP contribution is 2.44. The van der Waals surface area contributed by atoms with E-state index in [2.05, 4.69) is 26.0 Å². The molecule has 6 aromatic rings. The zero-order chi connectivity index (χ0) is 60.0. The average Bonchev–Trinajstić information content (AvgIpc) is 1.57. The van der Waals surface area contributed by atoms with Crippen molar-refractivity contribution in [2.24, 2.45) is 7.05 Å². The van der Waals surface area contributed by atoms with Gasteiger partial charge in [0.15, 0.2) is 5.82 Å². The zero-order valence-corrected chi connectivity index (χ0v) is 49.6. The lowest BCUT2D eigenvalue weighted by atomic mass is 9.95. The number of fused-ring (bicyclic) bond motifs is 6. The number of aromatic nitrogens is 5. The summed E-state index contributed by atoms with van der Waals surface area (Å²) in [5.41, 5.74) is 1.61. The van der Waals surface area contributed by atoms with Crippen LogP contribution in [0.15, 0.2) is 59.5 Å². The molecule has 2 bridgehead atoms. The Morgan fingerprint density at radius 1 is 0.872 bits per heavy atom. The minimum atomic E-state index is -0.728. The average molecular weight is 1180 g/mol. The Morgan fingerprint density at radius 3 is 2.41 bits per heavy atom.